The predicted octanol–water partition coefficient (Wildman–Crippen LogP) is 4.77. The molecule has 1 aliphatic rings. The van der Waals surface area contributed by atoms with Gasteiger partial charge in [0, 0.05) is 18.8 Å². The van der Waals surface area contributed by atoms with Gasteiger partial charge in [-0.25, -0.2) is 0 Å². The molecule has 5 heteroatoms. The average molecular weight is 380 g/mol. The largest absolute Gasteiger partial charge is 0.350 e. The van der Waals surface area contributed by atoms with E-state index in [9.17, 15) is 4.79 Å². The maximum atomic E-state index is 13.1. The number of nitrogens with zero attached hydrogens (tertiary/aromatic N) is 1. The first-order valence-corrected chi connectivity index (χ1v) is 10.4. The molecule has 4 rings (SSSR count). The highest BCUT2D eigenvalue weighted by atomic mass is 32.1. The summed E-state index contributed by atoms with van der Waals surface area (Å²) in [5, 5.41) is 6.84. The normalized spacial score (nSPS) is 13.4. The molecular formula is C22H25N3OS. The molecule has 3 aromatic rings. The SMILES string of the molecule is CCCCn1sc(-c2ccccc2)c(Nc2ccc3c(c2)CCNC3)c1=O. The van der Waals surface area contributed by atoms with Gasteiger partial charge in [-0.3, -0.25) is 8.75 Å². The van der Waals surface area contributed by atoms with Crippen molar-refractivity contribution >= 4 is 22.9 Å². The van der Waals surface area contributed by atoms with Crippen LogP contribution < -0.4 is 16.2 Å². The molecule has 0 bridgehead atoms. The van der Waals surface area contributed by atoms with Crippen molar-refractivity contribution in [2.24, 2.45) is 0 Å². The van der Waals surface area contributed by atoms with Gasteiger partial charge in [-0.1, -0.05) is 61.3 Å². The topological polar surface area (TPSA) is 46.1 Å². The van der Waals surface area contributed by atoms with E-state index >= 15 is 0 Å². The fourth-order valence-electron chi connectivity index (χ4n) is 3.46. The van der Waals surface area contributed by atoms with Crippen LogP contribution in [-0.4, -0.2) is 10.5 Å². The van der Waals surface area contributed by atoms with E-state index in [1.54, 1.807) is 11.5 Å². The van der Waals surface area contributed by atoms with Gasteiger partial charge in [0.1, 0.15) is 5.69 Å². The lowest BCUT2D eigenvalue weighted by atomic mass is 10.0. The van der Waals surface area contributed by atoms with Crippen molar-refractivity contribution in [3.05, 3.63) is 70.0 Å². The third kappa shape index (κ3) is 3.84. The van der Waals surface area contributed by atoms with Gasteiger partial charge in [0.05, 0.1) is 4.88 Å². The molecule has 0 saturated carbocycles. The molecule has 27 heavy (non-hydrogen) atoms. The van der Waals surface area contributed by atoms with Gasteiger partial charge in [-0.15, -0.1) is 0 Å². The molecule has 2 N–H and O–H groups in total. The Labute approximate surface area is 164 Å². The van der Waals surface area contributed by atoms with Crippen molar-refractivity contribution in [2.75, 3.05) is 11.9 Å². The van der Waals surface area contributed by atoms with Crippen LogP contribution in [-0.2, 0) is 19.5 Å². The van der Waals surface area contributed by atoms with E-state index in [0.29, 0.717) is 5.69 Å². The van der Waals surface area contributed by atoms with Crippen LogP contribution in [0, 0.1) is 0 Å². The van der Waals surface area contributed by atoms with Crippen LogP contribution in [0.5, 0.6) is 0 Å². The number of hydrogen-bond acceptors (Lipinski definition) is 4. The number of hydrogen-bond donors (Lipinski definition) is 2. The summed E-state index contributed by atoms with van der Waals surface area (Å²) in [4.78, 5) is 14.1. The van der Waals surface area contributed by atoms with Crippen molar-refractivity contribution in [1.29, 1.82) is 0 Å². The molecule has 0 spiro atoms. The van der Waals surface area contributed by atoms with Crippen LogP contribution in [0.15, 0.2) is 53.3 Å². The van der Waals surface area contributed by atoms with Gasteiger partial charge in [-0.05, 0) is 48.2 Å². The molecule has 140 valence electrons. The van der Waals surface area contributed by atoms with Crippen LogP contribution in [0.3, 0.4) is 0 Å². The van der Waals surface area contributed by atoms with Gasteiger partial charge >= 0.3 is 0 Å². The Morgan fingerprint density at radius 2 is 2.00 bits per heavy atom. The van der Waals surface area contributed by atoms with E-state index in [-0.39, 0.29) is 5.56 Å². The lowest BCUT2D eigenvalue weighted by Crippen LogP contribution is -2.23. The molecule has 4 nitrogen and oxygen atoms in total. The number of rotatable bonds is 6. The number of aryl methyl sites for hydroxylation is 1. The minimum absolute atomic E-state index is 0.0756. The minimum atomic E-state index is 0.0756. The first-order valence-electron chi connectivity index (χ1n) is 9.65. The number of fused-ring (bicyclic) bond motifs is 1. The molecule has 2 heterocycles. The Kier molecular flexibility index (Phi) is 5.41. The first-order chi connectivity index (χ1) is 13.3. The van der Waals surface area contributed by atoms with Crippen LogP contribution in [0.2, 0.25) is 0 Å². The zero-order valence-electron chi connectivity index (χ0n) is 15.6. The monoisotopic (exact) mass is 379 g/mol. The van der Waals surface area contributed by atoms with Crippen molar-refractivity contribution < 1.29 is 0 Å². The van der Waals surface area contributed by atoms with Crippen molar-refractivity contribution in [3.8, 4) is 10.4 Å². The smallest absolute Gasteiger partial charge is 0.284 e. The maximum Gasteiger partial charge on any atom is 0.284 e. The summed E-state index contributed by atoms with van der Waals surface area (Å²) in [5.41, 5.74) is 5.55. The highest BCUT2D eigenvalue weighted by molar-refractivity contribution is 7.10. The molecule has 1 aromatic heterocycles. The molecular weight excluding hydrogens is 354 g/mol. The predicted molar refractivity (Wildman–Crippen MR) is 114 cm³/mol. The maximum absolute atomic E-state index is 13.1. The van der Waals surface area contributed by atoms with Crippen LogP contribution in [0.1, 0.15) is 30.9 Å². The summed E-state index contributed by atoms with van der Waals surface area (Å²) in [6, 6.07) is 16.6. The first kappa shape index (κ1) is 18.0. The minimum Gasteiger partial charge on any atom is -0.350 e. The summed E-state index contributed by atoms with van der Waals surface area (Å²) in [7, 11) is 0. The molecule has 0 fully saturated rings. The van der Waals surface area contributed by atoms with Crippen LogP contribution in [0.4, 0.5) is 11.4 Å². The lowest BCUT2D eigenvalue weighted by molar-refractivity contribution is 0.644. The standard InChI is InChI=1S/C22H25N3OS/c1-2-3-13-25-22(26)20(21(27-25)16-7-5-4-6-8-16)24-19-10-9-18-15-23-12-11-17(18)14-19/h4-10,14,23-24H,2-3,11-13,15H2,1H3. The molecule has 1 aliphatic heterocycles. The van der Waals surface area contributed by atoms with Crippen LogP contribution in [0.25, 0.3) is 10.4 Å². The third-order valence-electron chi connectivity index (χ3n) is 4.98. The Morgan fingerprint density at radius 3 is 2.81 bits per heavy atom. The highest BCUT2D eigenvalue weighted by Crippen LogP contribution is 2.33. The summed E-state index contributed by atoms with van der Waals surface area (Å²) in [6.07, 6.45) is 3.12. The Morgan fingerprint density at radius 1 is 1.15 bits per heavy atom. The Balaban J connectivity index is 1.72. The molecule has 0 atom stereocenters. The van der Waals surface area contributed by atoms with Gasteiger partial charge in [0.2, 0.25) is 0 Å². The molecule has 2 aromatic carbocycles. The summed E-state index contributed by atoms with van der Waals surface area (Å²) >= 11 is 1.56. The second kappa shape index (κ2) is 8.11. The Hall–Kier alpha value is -2.37. The average Bonchev–Trinajstić information content (AvgIpc) is 3.02. The van der Waals surface area contributed by atoms with Crippen molar-refractivity contribution in [3.63, 3.8) is 0 Å². The van der Waals surface area contributed by atoms with E-state index in [0.717, 1.165) is 55.0 Å². The van der Waals surface area contributed by atoms with Gasteiger partial charge in [-0.2, -0.15) is 0 Å². The van der Waals surface area contributed by atoms with E-state index in [2.05, 4.69) is 47.9 Å². The Bertz CT molecular complexity index is 975. The molecule has 0 unspecified atom stereocenters. The summed E-state index contributed by atoms with van der Waals surface area (Å²) in [6.45, 7) is 4.86. The number of aromatic nitrogens is 1. The number of nitrogens with one attached hydrogen (secondary N) is 2. The van der Waals surface area contributed by atoms with Gasteiger partial charge < -0.3 is 10.6 Å². The highest BCUT2D eigenvalue weighted by Gasteiger charge is 2.17. The van der Waals surface area contributed by atoms with Gasteiger partial charge in [0.15, 0.2) is 0 Å². The molecule has 0 radical (unpaired) electrons. The van der Waals surface area contributed by atoms with E-state index in [4.69, 9.17) is 0 Å². The zero-order valence-corrected chi connectivity index (χ0v) is 16.4. The van der Waals surface area contributed by atoms with E-state index in [1.807, 2.05) is 22.2 Å². The van der Waals surface area contributed by atoms with E-state index < -0.39 is 0 Å². The summed E-state index contributed by atoms with van der Waals surface area (Å²) < 4.78 is 1.89. The summed E-state index contributed by atoms with van der Waals surface area (Å²) in [5.74, 6) is 0. The third-order valence-corrected chi connectivity index (χ3v) is 6.17. The fraction of sp³-hybridized carbons (Fsp3) is 0.318. The number of unbranched alkanes of at least 4 members (excludes halogenated alkanes) is 1. The van der Waals surface area contributed by atoms with Crippen molar-refractivity contribution in [1.82, 2.24) is 9.27 Å². The molecule has 0 aliphatic carbocycles. The quantitative estimate of drug-likeness (QED) is 0.649. The number of anilines is 2. The van der Waals surface area contributed by atoms with Gasteiger partial charge in [0.25, 0.3) is 5.56 Å². The fourth-order valence-corrected chi connectivity index (χ4v) is 4.55. The second-order valence-corrected chi connectivity index (χ2v) is 7.99. The zero-order chi connectivity index (χ0) is 18.6. The van der Waals surface area contributed by atoms with E-state index in [1.165, 1.54) is 11.1 Å². The number of benzene rings is 2. The second-order valence-electron chi connectivity index (χ2n) is 6.96. The molecule has 0 saturated heterocycles. The van der Waals surface area contributed by atoms with Crippen LogP contribution >= 0.6 is 11.5 Å². The van der Waals surface area contributed by atoms with Crippen molar-refractivity contribution in [2.45, 2.75) is 39.3 Å². The lowest BCUT2D eigenvalue weighted by Gasteiger charge is -2.18. The molecule has 0 amide bonds.